The fraction of sp³-hybridized carbons (Fsp3) is 1.00. The lowest BCUT2D eigenvalue weighted by Crippen LogP contribution is -2.47. The van der Waals surface area contributed by atoms with Crippen LogP contribution in [0.5, 0.6) is 0 Å². The van der Waals surface area contributed by atoms with Gasteiger partial charge in [-0.1, -0.05) is 34.6 Å². The van der Waals surface area contributed by atoms with E-state index in [-0.39, 0.29) is 11.5 Å². The van der Waals surface area contributed by atoms with Crippen LogP contribution in [0.4, 0.5) is 0 Å². The summed E-state index contributed by atoms with van der Waals surface area (Å²) >= 11 is 0. The lowest BCUT2D eigenvalue weighted by Gasteiger charge is -2.39. The molecular formula is C10H23NO2S. The third-order valence-corrected chi connectivity index (χ3v) is 3.71. The van der Waals surface area contributed by atoms with Crippen LogP contribution in [-0.2, 0) is 10.0 Å². The van der Waals surface area contributed by atoms with E-state index in [2.05, 4.69) is 34.6 Å². The predicted molar refractivity (Wildman–Crippen MR) is 60.7 cm³/mol. The molecule has 0 amide bonds. The maximum atomic E-state index is 11.4. The SMILES string of the molecule is CC(C)C(N(C)S(C)(=O)=O)C(C)(C)C. The molecule has 0 fully saturated rings. The monoisotopic (exact) mass is 221 g/mol. The minimum atomic E-state index is -3.10. The Balaban J connectivity index is 5.06. The maximum Gasteiger partial charge on any atom is 0.211 e. The van der Waals surface area contributed by atoms with Crippen molar-refractivity contribution in [3.05, 3.63) is 0 Å². The van der Waals surface area contributed by atoms with Crippen LogP contribution in [0.15, 0.2) is 0 Å². The average molecular weight is 221 g/mol. The van der Waals surface area contributed by atoms with Crippen LogP contribution in [0.25, 0.3) is 0 Å². The van der Waals surface area contributed by atoms with Gasteiger partial charge in [0.1, 0.15) is 0 Å². The van der Waals surface area contributed by atoms with Crippen molar-refractivity contribution in [2.75, 3.05) is 13.3 Å². The van der Waals surface area contributed by atoms with Gasteiger partial charge in [0.25, 0.3) is 0 Å². The molecule has 0 saturated heterocycles. The number of hydrogen-bond acceptors (Lipinski definition) is 2. The van der Waals surface area contributed by atoms with Gasteiger partial charge < -0.3 is 0 Å². The van der Waals surface area contributed by atoms with Gasteiger partial charge in [-0.15, -0.1) is 0 Å². The Labute approximate surface area is 88.5 Å². The molecule has 0 bridgehead atoms. The third-order valence-electron chi connectivity index (χ3n) is 2.43. The molecule has 0 rings (SSSR count). The Kier molecular flexibility index (Phi) is 4.16. The van der Waals surface area contributed by atoms with Gasteiger partial charge in [-0.05, 0) is 11.3 Å². The lowest BCUT2D eigenvalue weighted by atomic mass is 9.80. The number of hydrogen-bond donors (Lipinski definition) is 0. The molecule has 0 aliphatic rings. The molecule has 0 aliphatic heterocycles. The summed E-state index contributed by atoms with van der Waals surface area (Å²) in [5, 5.41) is 0. The molecule has 1 unspecified atom stereocenters. The van der Waals surface area contributed by atoms with E-state index in [1.165, 1.54) is 10.6 Å². The zero-order valence-electron chi connectivity index (χ0n) is 10.3. The minimum absolute atomic E-state index is 0.0357. The fourth-order valence-corrected chi connectivity index (χ4v) is 3.14. The smallest absolute Gasteiger partial charge is 0.211 e. The molecule has 0 aromatic rings. The summed E-state index contributed by atoms with van der Waals surface area (Å²) in [7, 11) is -1.44. The zero-order chi connectivity index (χ0) is 11.7. The molecule has 0 aliphatic carbocycles. The van der Waals surface area contributed by atoms with Crippen molar-refractivity contribution in [1.82, 2.24) is 4.31 Å². The first-order chi connectivity index (χ1) is 5.98. The van der Waals surface area contributed by atoms with E-state index in [0.717, 1.165) is 0 Å². The Morgan fingerprint density at radius 2 is 1.50 bits per heavy atom. The summed E-state index contributed by atoms with van der Waals surface area (Å²) in [5.41, 5.74) is -0.0357. The number of rotatable bonds is 3. The van der Waals surface area contributed by atoms with Crippen molar-refractivity contribution >= 4 is 10.0 Å². The van der Waals surface area contributed by atoms with Crippen LogP contribution in [0, 0.1) is 11.3 Å². The van der Waals surface area contributed by atoms with E-state index in [0.29, 0.717) is 5.92 Å². The van der Waals surface area contributed by atoms with Crippen LogP contribution in [0.1, 0.15) is 34.6 Å². The molecule has 0 saturated carbocycles. The highest BCUT2D eigenvalue weighted by Crippen LogP contribution is 2.30. The second kappa shape index (κ2) is 4.19. The summed E-state index contributed by atoms with van der Waals surface area (Å²) in [6, 6.07) is 0.0394. The summed E-state index contributed by atoms with van der Waals surface area (Å²) in [5.74, 6) is 0.315. The van der Waals surface area contributed by atoms with E-state index in [1.54, 1.807) is 7.05 Å². The van der Waals surface area contributed by atoms with Gasteiger partial charge in [-0.25, -0.2) is 12.7 Å². The molecule has 0 aromatic heterocycles. The first kappa shape index (κ1) is 13.9. The van der Waals surface area contributed by atoms with Crippen molar-refractivity contribution < 1.29 is 8.42 Å². The van der Waals surface area contributed by atoms with Gasteiger partial charge in [-0.2, -0.15) is 0 Å². The topological polar surface area (TPSA) is 37.4 Å². The molecule has 0 spiro atoms. The molecular weight excluding hydrogens is 198 g/mol. The van der Waals surface area contributed by atoms with E-state index in [4.69, 9.17) is 0 Å². The normalized spacial score (nSPS) is 16.4. The van der Waals surface area contributed by atoms with Gasteiger partial charge in [-0.3, -0.25) is 0 Å². The molecule has 14 heavy (non-hydrogen) atoms. The van der Waals surface area contributed by atoms with Crippen molar-refractivity contribution in [1.29, 1.82) is 0 Å². The summed E-state index contributed by atoms with van der Waals surface area (Å²) in [6.45, 7) is 10.3. The molecule has 1 atom stereocenters. The standard InChI is InChI=1S/C10H23NO2S/c1-8(2)9(10(3,4)5)11(6)14(7,12)13/h8-9H,1-7H3. The van der Waals surface area contributed by atoms with E-state index < -0.39 is 10.0 Å². The first-order valence-electron chi connectivity index (χ1n) is 4.91. The summed E-state index contributed by atoms with van der Waals surface area (Å²) in [6.07, 6.45) is 1.26. The molecule has 4 heteroatoms. The van der Waals surface area contributed by atoms with Crippen molar-refractivity contribution in [3.8, 4) is 0 Å². The van der Waals surface area contributed by atoms with Gasteiger partial charge in [0.05, 0.1) is 6.26 Å². The second-order valence-corrected chi connectivity index (χ2v) is 7.38. The van der Waals surface area contributed by atoms with E-state index in [9.17, 15) is 8.42 Å². The second-order valence-electron chi connectivity index (χ2n) is 5.33. The molecule has 0 N–H and O–H groups in total. The quantitative estimate of drug-likeness (QED) is 0.730. The fourth-order valence-electron chi connectivity index (χ4n) is 2.17. The van der Waals surface area contributed by atoms with E-state index >= 15 is 0 Å². The molecule has 0 heterocycles. The molecule has 3 nitrogen and oxygen atoms in total. The Hall–Kier alpha value is -0.0900. The zero-order valence-corrected chi connectivity index (χ0v) is 11.1. The Morgan fingerprint density at radius 1 is 1.14 bits per heavy atom. The predicted octanol–water partition coefficient (Wildman–Crippen LogP) is 1.95. The average Bonchev–Trinajstić information content (AvgIpc) is 1.79. The molecule has 0 aromatic carbocycles. The van der Waals surface area contributed by atoms with Gasteiger partial charge in [0, 0.05) is 13.1 Å². The highest BCUT2D eigenvalue weighted by atomic mass is 32.2. The number of sulfonamides is 1. The highest BCUT2D eigenvalue weighted by molar-refractivity contribution is 7.88. The van der Waals surface area contributed by atoms with Crippen molar-refractivity contribution in [3.63, 3.8) is 0 Å². The largest absolute Gasteiger partial charge is 0.213 e. The third kappa shape index (κ3) is 3.58. The molecule has 0 radical (unpaired) electrons. The Bertz CT molecular complexity index is 275. The lowest BCUT2D eigenvalue weighted by molar-refractivity contribution is 0.150. The summed E-state index contributed by atoms with van der Waals surface area (Å²) < 4.78 is 24.4. The Morgan fingerprint density at radius 3 is 1.57 bits per heavy atom. The van der Waals surface area contributed by atoms with Gasteiger partial charge in [0.2, 0.25) is 10.0 Å². The van der Waals surface area contributed by atoms with Crippen LogP contribution >= 0.6 is 0 Å². The van der Waals surface area contributed by atoms with Gasteiger partial charge in [0.15, 0.2) is 0 Å². The van der Waals surface area contributed by atoms with Gasteiger partial charge >= 0.3 is 0 Å². The van der Waals surface area contributed by atoms with E-state index in [1.807, 2.05) is 0 Å². The summed E-state index contributed by atoms with van der Waals surface area (Å²) in [4.78, 5) is 0. The first-order valence-corrected chi connectivity index (χ1v) is 6.75. The van der Waals surface area contributed by atoms with Crippen LogP contribution in [0.3, 0.4) is 0 Å². The maximum absolute atomic E-state index is 11.4. The minimum Gasteiger partial charge on any atom is -0.213 e. The highest BCUT2D eigenvalue weighted by Gasteiger charge is 2.34. The van der Waals surface area contributed by atoms with Crippen molar-refractivity contribution in [2.45, 2.75) is 40.7 Å². The van der Waals surface area contributed by atoms with Crippen LogP contribution < -0.4 is 0 Å². The number of nitrogens with zero attached hydrogens (tertiary/aromatic N) is 1. The van der Waals surface area contributed by atoms with Crippen molar-refractivity contribution in [2.24, 2.45) is 11.3 Å². The molecule has 86 valence electrons. The van der Waals surface area contributed by atoms with Crippen LogP contribution in [-0.4, -0.2) is 32.1 Å². The van der Waals surface area contributed by atoms with Crippen LogP contribution in [0.2, 0.25) is 0 Å².